The summed E-state index contributed by atoms with van der Waals surface area (Å²) >= 11 is 5.67. The summed E-state index contributed by atoms with van der Waals surface area (Å²) in [4.78, 5) is 0. The molecule has 1 atom stereocenters. The maximum Gasteiger partial charge on any atom is 0.128 e. The van der Waals surface area contributed by atoms with Gasteiger partial charge in [0.15, 0.2) is 0 Å². The van der Waals surface area contributed by atoms with E-state index in [9.17, 15) is 4.39 Å². The molecule has 0 aliphatic carbocycles. The Morgan fingerprint density at radius 3 is 2.92 bits per heavy atom. The van der Waals surface area contributed by atoms with Crippen LogP contribution in [0.5, 0.6) is 0 Å². The van der Waals surface area contributed by atoms with E-state index < -0.39 is 0 Å². The summed E-state index contributed by atoms with van der Waals surface area (Å²) in [7, 11) is 0. The van der Waals surface area contributed by atoms with E-state index in [0.29, 0.717) is 10.9 Å². The van der Waals surface area contributed by atoms with Crippen LogP contribution in [-0.4, -0.2) is 13.1 Å². The number of nitrogens with one attached hydrogen (secondary N) is 1. The van der Waals surface area contributed by atoms with Gasteiger partial charge in [-0.15, -0.1) is 0 Å². The van der Waals surface area contributed by atoms with Gasteiger partial charge in [0.25, 0.3) is 0 Å². The molecule has 1 nitrogen and oxygen atoms in total. The molecule has 1 aliphatic heterocycles. The van der Waals surface area contributed by atoms with E-state index in [1.54, 1.807) is 12.1 Å². The minimum absolute atomic E-state index is 0.179. The van der Waals surface area contributed by atoms with Crippen molar-refractivity contribution >= 4 is 11.6 Å². The second kappa shape index (κ2) is 3.64. The Labute approximate surface area is 81.9 Å². The molecular weight excluding hydrogens is 189 g/mol. The predicted molar refractivity (Wildman–Crippen MR) is 51.6 cm³/mol. The fourth-order valence-corrected chi connectivity index (χ4v) is 1.91. The Kier molecular flexibility index (Phi) is 2.51. The first kappa shape index (κ1) is 8.97. The van der Waals surface area contributed by atoms with Crippen LogP contribution in [0.25, 0.3) is 0 Å². The van der Waals surface area contributed by atoms with Crippen molar-refractivity contribution in [3.63, 3.8) is 0 Å². The molecule has 1 unspecified atom stereocenters. The number of benzene rings is 1. The van der Waals surface area contributed by atoms with Gasteiger partial charge in [-0.05, 0) is 30.7 Å². The molecule has 0 saturated carbocycles. The number of hydrogen-bond donors (Lipinski definition) is 1. The van der Waals surface area contributed by atoms with Crippen molar-refractivity contribution in [3.05, 3.63) is 34.6 Å². The summed E-state index contributed by atoms with van der Waals surface area (Å²) in [6.45, 7) is 1.85. The molecule has 1 N–H and O–H groups in total. The van der Waals surface area contributed by atoms with Gasteiger partial charge < -0.3 is 5.32 Å². The van der Waals surface area contributed by atoms with Crippen LogP contribution < -0.4 is 5.32 Å². The topological polar surface area (TPSA) is 12.0 Å². The molecule has 0 spiro atoms. The van der Waals surface area contributed by atoms with Crippen LogP contribution in [0.2, 0.25) is 5.02 Å². The van der Waals surface area contributed by atoms with Gasteiger partial charge in [-0.2, -0.15) is 0 Å². The summed E-state index contributed by atoms with van der Waals surface area (Å²) in [6, 6.07) is 4.92. The molecule has 1 fully saturated rings. The highest BCUT2D eigenvalue weighted by Crippen LogP contribution is 2.26. The van der Waals surface area contributed by atoms with Gasteiger partial charge >= 0.3 is 0 Å². The smallest absolute Gasteiger partial charge is 0.128 e. The minimum atomic E-state index is -0.179. The molecule has 70 valence electrons. The average molecular weight is 200 g/mol. The maximum absolute atomic E-state index is 13.4. The molecule has 13 heavy (non-hydrogen) atoms. The second-order valence-electron chi connectivity index (χ2n) is 3.36. The van der Waals surface area contributed by atoms with Crippen molar-refractivity contribution in [1.82, 2.24) is 5.32 Å². The van der Waals surface area contributed by atoms with Crippen LogP contribution in [0, 0.1) is 5.82 Å². The number of halogens is 2. The lowest BCUT2D eigenvalue weighted by Crippen LogP contribution is -2.08. The zero-order chi connectivity index (χ0) is 9.26. The largest absolute Gasteiger partial charge is 0.316 e. The standard InChI is InChI=1S/C10H11ClFN/c11-8-1-2-9(10(12)5-8)7-3-4-13-6-7/h1-2,5,7,13H,3-4,6H2. The number of rotatable bonds is 1. The third kappa shape index (κ3) is 1.84. The minimum Gasteiger partial charge on any atom is -0.316 e. The van der Waals surface area contributed by atoms with E-state index in [-0.39, 0.29) is 5.82 Å². The number of hydrogen-bond acceptors (Lipinski definition) is 1. The third-order valence-corrected chi connectivity index (χ3v) is 2.70. The van der Waals surface area contributed by atoms with E-state index in [0.717, 1.165) is 25.1 Å². The molecule has 2 rings (SSSR count). The van der Waals surface area contributed by atoms with Gasteiger partial charge in [0, 0.05) is 17.5 Å². The fraction of sp³-hybridized carbons (Fsp3) is 0.400. The predicted octanol–water partition coefficient (Wildman–Crippen LogP) is 2.56. The van der Waals surface area contributed by atoms with E-state index in [2.05, 4.69) is 5.32 Å². The molecule has 1 aromatic rings. The lowest BCUT2D eigenvalue weighted by molar-refractivity contribution is 0.588. The summed E-state index contributed by atoms with van der Waals surface area (Å²) in [5.74, 6) is 0.137. The quantitative estimate of drug-likeness (QED) is 0.733. The third-order valence-electron chi connectivity index (χ3n) is 2.46. The van der Waals surface area contributed by atoms with Crippen LogP contribution in [0.1, 0.15) is 17.9 Å². The van der Waals surface area contributed by atoms with Crippen molar-refractivity contribution in [3.8, 4) is 0 Å². The van der Waals surface area contributed by atoms with Gasteiger partial charge in [0.1, 0.15) is 5.82 Å². The molecule has 0 bridgehead atoms. The molecule has 1 heterocycles. The molecule has 0 radical (unpaired) electrons. The molecule has 1 aromatic carbocycles. The highest BCUT2D eigenvalue weighted by molar-refractivity contribution is 6.30. The van der Waals surface area contributed by atoms with Crippen molar-refractivity contribution < 1.29 is 4.39 Å². The summed E-state index contributed by atoms with van der Waals surface area (Å²) < 4.78 is 13.4. The Morgan fingerprint density at radius 2 is 2.31 bits per heavy atom. The summed E-state index contributed by atoms with van der Waals surface area (Å²) in [5, 5.41) is 3.68. The highest BCUT2D eigenvalue weighted by Gasteiger charge is 2.19. The van der Waals surface area contributed by atoms with Crippen molar-refractivity contribution in [2.45, 2.75) is 12.3 Å². The first-order chi connectivity index (χ1) is 6.27. The normalized spacial score (nSPS) is 22.2. The first-order valence-electron chi connectivity index (χ1n) is 4.43. The van der Waals surface area contributed by atoms with E-state index >= 15 is 0 Å². The van der Waals surface area contributed by atoms with Gasteiger partial charge in [-0.3, -0.25) is 0 Å². The molecule has 0 amide bonds. The van der Waals surface area contributed by atoms with Gasteiger partial charge in [0.05, 0.1) is 0 Å². The molecule has 1 saturated heterocycles. The summed E-state index contributed by atoms with van der Waals surface area (Å²) in [5.41, 5.74) is 0.786. The lowest BCUT2D eigenvalue weighted by Gasteiger charge is -2.09. The Hall–Kier alpha value is -0.600. The maximum atomic E-state index is 13.4. The molecule has 1 aliphatic rings. The lowest BCUT2D eigenvalue weighted by atomic mass is 9.98. The average Bonchev–Trinajstić information content (AvgIpc) is 2.56. The van der Waals surface area contributed by atoms with Gasteiger partial charge in [0.2, 0.25) is 0 Å². The Bertz CT molecular complexity index is 308. The van der Waals surface area contributed by atoms with E-state index in [1.807, 2.05) is 0 Å². The van der Waals surface area contributed by atoms with E-state index in [4.69, 9.17) is 11.6 Å². The first-order valence-corrected chi connectivity index (χ1v) is 4.81. The Morgan fingerprint density at radius 1 is 1.46 bits per heavy atom. The molecule has 3 heteroatoms. The summed E-state index contributed by atoms with van der Waals surface area (Å²) in [6.07, 6.45) is 1.01. The van der Waals surface area contributed by atoms with Crippen LogP contribution >= 0.6 is 11.6 Å². The van der Waals surface area contributed by atoms with Crippen LogP contribution in [-0.2, 0) is 0 Å². The zero-order valence-corrected chi connectivity index (χ0v) is 7.94. The Balaban J connectivity index is 2.29. The van der Waals surface area contributed by atoms with Gasteiger partial charge in [-0.25, -0.2) is 4.39 Å². The van der Waals surface area contributed by atoms with Crippen LogP contribution in [0.3, 0.4) is 0 Å². The van der Waals surface area contributed by atoms with Crippen molar-refractivity contribution in [1.29, 1.82) is 0 Å². The molecular formula is C10H11ClFN. The van der Waals surface area contributed by atoms with E-state index in [1.165, 1.54) is 6.07 Å². The SMILES string of the molecule is Fc1cc(Cl)ccc1C1CCNC1. The van der Waals surface area contributed by atoms with Gasteiger partial charge in [-0.1, -0.05) is 17.7 Å². The zero-order valence-electron chi connectivity index (χ0n) is 7.19. The monoisotopic (exact) mass is 199 g/mol. The van der Waals surface area contributed by atoms with Crippen molar-refractivity contribution in [2.75, 3.05) is 13.1 Å². The van der Waals surface area contributed by atoms with Crippen molar-refractivity contribution in [2.24, 2.45) is 0 Å². The molecule has 0 aromatic heterocycles. The van der Waals surface area contributed by atoms with Crippen LogP contribution in [0.4, 0.5) is 4.39 Å². The fourth-order valence-electron chi connectivity index (χ4n) is 1.75. The highest BCUT2D eigenvalue weighted by atomic mass is 35.5. The van der Waals surface area contributed by atoms with Crippen LogP contribution in [0.15, 0.2) is 18.2 Å². The second-order valence-corrected chi connectivity index (χ2v) is 3.79.